The van der Waals surface area contributed by atoms with Crippen LogP contribution in [0.3, 0.4) is 0 Å². The summed E-state index contributed by atoms with van der Waals surface area (Å²) in [5.74, 6) is 1.82. The lowest BCUT2D eigenvalue weighted by molar-refractivity contribution is -0.134. The summed E-state index contributed by atoms with van der Waals surface area (Å²) >= 11 is 0. The first-order valence-electron chi connectivity index (χ1n) is 10.4. The quantitative estimate of drug-likeness (QED) is 0.643. The van der Waals surface area contributed by atoms with Gasteiger partial charge >= 0.3 is 0 Å². The fourth-order valence-corrected chi connectivity index (χ4v) is 4.28. The third-order valence-electron chi connectivity index (χ3n) is 5.72. The zero-order chi connectivity index (χ0) is 21.2. The smallest absolute Gasteiger partial charge is 0.278 e. The number of aromatic nitrogens is 2. The standard InChI is InChI=1S/C24H23N3O4/c1-29-22-23(26-13-12-25-22)30-16-7-6-14-27(15-16)24(28)21-17-8-2-4-10-19(17)31-20-11-5-3-9-18(20)21/h2-5,8-13,16,21H,6-7,14-15H2,1H3. The van der Waals surface area contributed by atoms with Crippen molar-refractivity contribution in [3.8, 4) is 23.3 Å². The minimum atomic E-state index is -0.397. The normalized spacial score (nSPS) is 17.8. The topological polar surface area (TPSA) is 73.8 Å². The average molecular weight is 417 g/mol. The van der Waals surface area contributed by atoms with Crippen molar-refractivity contribution in [3.63, 3.8) is 0 Å². The number of amides is 1. The minimum Gasteiger partial charge on any atom is -0.477 e. The number of rotatable bonds is 4. The van der Waals surface area contributed by atoms with Crippen LogP contribution in [0.4, 0.5) is 0 Å². The molecule has 5 rings (SSSR count). The van der Waals surface area contributed by atoms with Gasteiger partial charge in [-0.25, -0.2) is 9.97 Å². The maximum Gasteiger partial charge on any atom is 0.278 e. The van der Waals surface area contributed by atoms with E-state index in [9.17, 15) is 4.79 Å². The number of likely N-dealkylation sites (tertiary alicyclic amines) is 1. The molecule has 1 aromatic heterocycles. The van der Waals surface area contributed by atoms with Crippen molar-refractivity contribution >= 4 is 5.91 Å². The molecule has 1 saturated heterocycles. The van der Waals surface area contributed by atoms with Gasteiger partial charge < -0.3 is 19.1 Å². The van der Waals surface area contributed by atoms with Crippen molar-refractivity contribution in [2.45, 2.75) is 24.9 Å². The van der Waals surface area contributed by atoms with Crippen LogP contribution in [0.25, 0.3) is 0 Å². The number of carbonyl (C=O) groups excluding carboxylic acids is 1. The van der Waals surface area contributed by atoms with Gasteiger partial charge in [0.15, 0.2) is 0 Å². The van der Waals surface area contributed by atoms with Crippen molar-refractivity contribution in [2.24, 2.45) is 0 Å². The molecule has 7 heteroatoms. The molecule has 0 aliphatic carbocycles. The van der Waals surface area contributed by atoms with E-state index < -0.39 is 5.92 Å². The molecular weight excluding hydrogens is 394 g/mol. The third kappa shape index (κ3) is 3.67. The third-order valence-corrected chi connectivity index (χ3v) is 5.72. The summed E-state index contributed by atoms with van der Waals surface area (Å²) in [6.45, 7) is 1.18. The van der Waals surface area contributed by atoms with Crippen LogP contribution in [0.15, 0.2) is 60.9 Å². The molecule has 31 heavy (non-hydrogen) atoms. The second-order valence-electron chi connectivity index (χ2n) is 7.65. The molecule has 7 nitrogen and oxygen atoms in total. The monoisotopic (exact) mass is 417 g/mol. The van der Waals surface area contributed by atoms with Crippen LogP contribution in [0.5, 0.6) is 23.3 Å². The Morgan fingerprint density at radius 2 is 1.65 bits per heavy atom. The minimum absolute atomic E-state index is 0.0580. The molecule has 3 aromatic rings. The number of fused-ring (bicyclic) bond motifs is 2. The van der Waals surface area contributed by atoms with Crippen LogP contribution in [0, 0.1) is 0 Å². The Kier molecular flexibility index (Phi) is 5.16. The fraction of sp³-hybridized carbons (Fsp3) is 0.292. The van der Waals surface area contributed by atoms with Crippen LogP contribution in [-0.2, 0) is 4.79 Å². The van der Waals surface area contributed by atoms with E-state index in [0.717, 1.165) is 35.5 Å². The Morgan fingerprint density at radius 3 is 2.32 bits per heavy atom. The highest BCUT2D eigenvalue weighted by Gasteiger charge is 2.37. The van der Waals surface area contributed by atoms with Crippen molar-refractivity contribution in [1.82, 2.24) is 14.9 Å². The Balaban J connectivity index is 1.40. The highest BCUT2D eigenvalue weighted by molar-refractivity contribution is 5.89. The number of methoxy groups -OCH3 is 1. The molecule has 1 unspecified atom stereocenters. The summed E-state index contributed by atoms with van der Waals surface area (Å²) < 4.78 is 17.4. The van der Waals surface area contributed by atoms with E-state index in [2.05, 4.69) is 9.97 Å². The first-order chi connectivity index (χ1) is 15.2. The highest BCUT2D eigenvalue weighted by Crippen LogP contribution is 2.44. The predicted octanol–water partition coefficient (Wildman–Crippen LogP) is 3.79. The van der Waals surface area contributed by atoms with E-state index in [1.54, 1.807) is 12.4 Å². The Labute approximate surface area is 180 Å². The predicted molar refractivity (Wildman–Crippen MR) is 114 cm³/mol. The van der Waals surface area contributed by atoms with Gasteiger partial charge in [0.05, 0.1) is 19.6 Å². The van der Waals surface area contributed by atoms with E-state index in [1.807, 2.05) is 53.4 Å². The van der Waals surface area contributed by atoms with Gasteiger partial charge in [-0.3, -0.25) is 4.79 Å². The van der Waals surface area contributed by atoms with E-state index in [4.69, 9.17) is 14.2 Å². The van der Waals surface area contributed by atoms with E-state index in [-0.39, 0.29) is 12.0 Å². The van der Waals surface area contributed by atoms with Gasteiger partial charge in [0.1, 0.15) is 17.6 Å². The Hall–Kier alpha value is -3.61. The number of carbonyl (C=O) groups is 1. The summed E-state index contributed by atoms with van der Waals surface area (Å²) in [6.07, 6.45) is 4.64. The summed E-state index contributed by atoms with van der Waals surface area (Å²) in [5, 5.41) is 0. The van der Waals surface area contributed by atoms with Gasteiger partial charge in [-0.05, 0) is 25.0 Å². The fourth-order valence-electron chi connectivity index (χ4n) is 4.28. The summed E-state index contributed by atoms with van der Waals surface area (Å²) in [7, 11) is 1.54. The zero-order valence-corrected chi connectivity index (χ0v) is 17.2. The number of piperidine rings is 1. The SMILES string of the molecule is COc1nccnc1OC1CCCN(C(=O)C2c3ccccc3Oc3ccccc32)C1. The molecular formula is C24H23N3O4. The number of nitrogens with zero attached hydrogens (tertiary/aromatic N) is 3. The van der Waals surface area contributed by atoms with Gasteiger partial charge in [-0.15, -0.1) is 0 Å². The van der Waals surface area contributed by atoms with Gasteiger partial charge in [-0.1, -0.05) is 36.4 Å². The van der Waals surface area contributed by atoms with Gasteiger partial charge in [-0.2, -0.15) is 0 Å². The molecule has 0 saturated carbocycles. The largest absolute Gasteiger partial charge is 0.477 e. The zero-order valence-electron chi connectivity index (χ0n) is 17.2. The second kappa shape index (κ2) is 8.26. The number of hydrogen-bond donors (Lipinski definition) is 0. The molecule has 2 aromatic carbocycles. The molecule has 0 radical (unpaired) electrons. The Bertz CT molecular complexity index is 1060. The Morgan fingerprint density at radius 1 is 1.00 bits per heavy atom. The van der Waals surface area contributed by atoms with Gasteiger partial charge in [0.25, 0.3) is 11.8 Å². The lowest BCUT2D eigenvalue weighted by atomic mass is 9.86. The van der Waals surface area contributed by atoms with Crippen LogP contribution in [0.2, 0.25) is 0 Å². The first-order valence-corrected chi connectivity index (χ1v) is 10.4. The molecule has 1 atom stereocenters. The van der Waals surface area contributed by atoms with Gasteiger partial charge in [0.2, 0.25) is 5.91 Å². The molecule has 0 bridgehead atoms. The number of benzene rings is 2. The van der Waals surface area contributed by atoms with Crippen LogP contribution in [-0.4, -0.2) is 47.1 Å². The summed E-state index contributed by atoms with van der Waals surface area (Å²) in [6, 6.07) is 15.5. The molecule has 0 N–H and O–H groups in total. The maximum absolute atomic E-state index is 13.8. The van der Waals surface area contributed by atoms with Crippen molar-refractivity contribution in [3.05, 3.63) is 72.1 Å². The van der Waals surface area contributed by atoms with E-state index in [1.165, 1.54) is 7.11 Å². The van der Waals surface area contributed by atoms with Crippen molar-refractivity contribution in [1.29, 1.82) is 0 Å². The number of para-hydroxylation sites is 2. The number of ether oxygens (including phenoxy) is 3. The maximum atomic E-state index is 13.8. The van der Waals surface area contributed by atoms with Crippen molar-refractivity contribution in [2.75, 3.05) is 20.2 Å². The molecule has 1 amide bonds. The molecule has 2 aliphatic heterocycles. The van der Waals surface area contributed by atoms with Crippen LogP contribution in [0.1, 0.15) is 29.9 Å². The molecule has 0 spiro atoms. The van der Waals surface area contributed by atoms with Crippen molar-refractivity contribution < 1.29 is 19.0 Å². The second-order valence-corrected chi connectivity index (χ2v) is 7.65. The highest BCUT2D eigenvalue weighted by atomic mass is 16.5. The average Bonchev–Trinajstić information content (AvgIpc) is 2.82. The molecule has 1 fully saturated rings. The number of hydrogen-bond acceptors (Lipinski definition) is 6. The van der Waals surface area contributed by atoms with Crippen LogP contribution < -0.4 is 14.2 Å². The summed E-state index contributed by atoms with van der Waals surface area (Å²) in [5.41, 5.74) is 1.79. The van der Waals surface area contributed by atoms with E-state index in [0.29, 0.717) is 24.8 Å². The molecule has 2 aliphatic rings. The van der Waals surface area contributed by atoms with E-state index >= 15 is 0 Å². The summed E-state index contributed by atoms with van der Waals surface area (Å²) in [4.78, 5) is 24.0. The molecule has 158 valence electrons. The lowest BCUT2D eigenvalue weighted by Gasteiger charge is -2.36. The van der Waals surface area contributed by atoms with Crippen LogP contribution >= 0.6 is 0 Å². The lowest BCUT2D eigenvalue weighted by Crippen LogP contribution is -2.46. The van der Waals surface area contributed by atoms with Gasteiger partial charge in [0, 0.05) is 30.1 Å². The molecule has 3 heterocycles. The first kappa shape index (κ1) is 19.4.